The smallest absolute Gasteiger partial charge is 0.240 e. The van der Waals surface area contributed by atoms with Gasteiger partial charge in [0, 0.05) is 19.8 Å². The molecule has 0 spiro atoms. The third-order valence-corrected chi connectivity index (χ3v) is 4.02. The van der Waals surface area contributed by atoms with E-state index in [0.29, 0.717) is 32.6 Å². The standard InChI is InChI=1S/C15H30N2O2/c1-4-5-6-7-14(2,3)12-17-13(18)15(16)8-10-19-11-9-15/h4-12,16H2,1-3H3,(H,17,18). The molecule has 4 nitrogen and oxygen atoms in total. The van der Waals surface area contributed by atoms with Crippen LogP contribution in [-0.2, 0) is 9.53 Å². The van der Waals surface area contributed by atoms with Crippen LogP contribution >= 0.6 is 0 Å². The molecular weight excluding hydrogens is 240 g/mol. The summed E-state index contributed by atoms with van der Waals surface area (Å²) in [5.41, 5.74) is 5.58. The molecular formula is C15H30N2O2. The van der Waals surface area contributed by atoms with Crippen molar-refractivity contribution in [1.82, 2.24) is 5.32 Å². The Balaban J connectivity index is 2.35. The van der Waals surface area contributed by atoms with Crippen LogP contribution in [0, 0.1) is 5.41 Å². The maximum atomic E-state index is 12.2. The first kappa shape index (κ1) is 16.4. The first-order chi connectivity index (χ1) is 8.90. The maximum absolute atomic E-state index is 12.2. The highest BCUT2D eigenvalue weighted by atomic mass is 16.5. The van der Waals surface area contributed by atoms with Crippen LogP contribution < -0.4 is 11.1 Å². The van der Waals surface area contributed by atoms with Crippen molar-refractivity contribution in [3.05, 3.63) is 0 Å². The number of hydrogen-bond donors (Lipinski definition) is 2. The van der Waals surface area contributed by atoms with Gasteiger partial charge in [0.15, 0.2) is 0 Å². The van der Waals surface area contributed by atoms with E-state index in [-0.39, 0.29) is 11.3 Å². The van der Waals surface area contributed by atoms with Crippen LogP contribution in [0.3, 0.4) is 0 Å². The molecule has 0 aromatic carbocycles. The lowest BCUT2D eigenvalue weighted by molar-refractivity contribution is -0.130. The summed E-state index contributed by atoms with van der Waals surface area (Å²) in [6, 6.07) is 0. The Morgan fingerprint density at radius 2 is 1.95 bits per heavy atom. The van der Waals surface area contributed by atoms with Gasteiger partial charge in [-0.05, 0) is 24.7 Å². The van der Waals surface area contributed by atoms with Crippen LogP contribution in [0.2, 0.25) is 0 Å². The Labute approximate surface area is 117 Å². The van der Waals surface area contributed by atoms with Crippen LogP contribution in [0.5, 0.6) is 0 Å². The molecule has 0 aliphatic carbocycles. The zero-order valence-electron chi connectivity index (χ0n) is 12.8. The van der Waals surface area contributed by atoms with Crippen LogP contribution in [0.1, 0.15) is 59.3 Å². The molecule has 1 aliphatic rings. The molecule has 0 saturated carbocycles. The predicted molar refractivity (Wildman–Crippen MR) is 77.9 cm³/mol. The summed E-state index contributed by atoms with van der Waals surface area (Å²) in [5.74, 6) is -0.0145. The fourth-order valence-electron chi connectivity index (χ4n) is 2.40. The normalized spacial score (nSPS) is 19.2. The molecule has 0 aromatic rings. The summed E-state index contributed by atoms with van der Waals surface area (Å²) in [7, 11) is 0. The van der Waals surface area contributed by atoms with Gasteiger partial charge in [-0.25, -0.2) is 0 Å². The minimum atomic E-state index is -0.724. The van der Waals surface area contributed by atoms with Crippen molar-refractivity contribution >= 4 is 5.91 Å². The molecule has 1 heterocycles. The summed E-state index contributed by atoms with van der Waals surface area (Å²) < 4.78 is 5.27. The number of unbranched alkanes of at least 4 members (excludes halogenated alkanes) is 2. The number of ether oxygens (including phenoxy) is 1. The summed E-state index contributed by atoms with van der Waals surface area (Å²) >= 11 is 0. The lowest BCUT2D eigenvalue weighted by Crippen LogP contribution is -2.57. The van der Waals surface area contributed by atoms with E-state index in [2.05, 4.69) is 26.1 Å². The second kappa shape index (κ2) is 7.25. The number of nitrogens with one attached hydrogen (secondary N) is 1. The van der Waals surface area contributed by atoms with Crippen molar-refractivity contribution in [3.63, 3.8) is 0 Å². The molecule has 1 saturated heterocycles. The van der Waals surface area contributed by atoms with Crippen LogP contribution in [0.25, 0.3) is 0 Å². The van der Waals surface area contributed by atoms with Crippen molar-refractivity contribution in [2.45, 2.75) is 64.8 Å². The highest BCUT2D eigenvalue weighted by Gasteiger charge is 2.36. The quantitative estimate of drug-likeness (QED) is 0.697. The van der Waals surface area contributed by atoms with Gasteiger partial charge in [0.2, 0.25) is 5.91 Å². The molecule has 112 valence electrons. The summed E-state index contributed by atoms with van der Waals surface area (Å²) in [5, 5.41) is 3.04. The Hall–Kier alpha value is -0.610. The minimum Gasteiger partial charge on any atom is -0.381 e. The van der Waals surface area contributed by atoms with Gasteiger partial charge < -0.3 is 15.8 Å². The Morgan fingerprint density at radius 1 is 1.32 bits per heavy atom. The van der Waals surface area contributed by atoms with Crippen LogP contribution in [0.15, 0.2) is 0 Å². The number of amides is 1. The van der Waals surface area contributed by atoms with E-state index in [9.17, 15) is 4.79 Å². The topological polar surface area (TPSA) is 64.4 Å². The average molecular weight is 270 g/mol. The lowest BCUT2D eigenvalue weighted by atomic mass is 9.85. The number of carbonyl (C=O) groups is 1. The molecule has 1 aliphatic heterocycles. The number of rotatable bonds is 7. The molecule has 0 radical (unpaired) electrons. The van der Waals surface area contributed by atoms with Crippen LogP contribution in [-0.4, -0.2) is 31.2 Å². The van der Waals surface area contributed by atoms with E-state index in [1.807, 2.05) is 0 Å². The van der Waals surface area contributed by atoms with Gasteiger partial charge in [-0.1, -0.05) is 40.0 Å². The van der Waals surface area contributed by atoms with E-state index in [4.69, 9.17) is 10.5 Å². The molecule has 4 heteroatoms. The molecule has 0 unspecified atom stereocenters. The predicted octanol–water partition coefficient (Wildman–Crippen LogP) is 2.22. The van der Waals surface area contributed by atoms with E-state index < -0.39 is 5.54 Å². The van der Waals surface area contributed by atoms with E-state index in [1.165, 1.54) is 19.3 Å². The van der Waals surface area contributed by atoms with E-state index >= 15 is 0 Å². The van der Waals surface area contributed by atoms with Crippen molar-refractivity contribution < 1.29 is 9.53 Å². The zero-order chi connectivity index (χ0) is 14.4. The molecule has 1 rings (SSSR count). The van der Waals surface area contributed by atoms with Gasteiger partial charge >= 0.3 is 0 Å². The van der Waals surface area contributed by atoms with Gasteiger partial charge in [0.25, 0.3) is 0 Å². The molecule has 1 fully saturated rings. The second-order valence-electron chi connectivity index (χ2n) is 6.57. The Kier molecular flexibility index (Phi) is 6.27. The van der Waals surface area contributed by atoms with E-state index in [1.54, 1.807) is 0 Å². The number of nitrogens with two attached hydrogens (primary N) is 1. The fourth-order valence-corrected chi connectivity index (χ4v) is 2.40. The van der Waals surface area contributed by atoms with Gasteiger partial charge in [-0.15, -0.1) is 0 Å². The maximum Gasteiger partial charge on any atom is 0.240 e. The largest absolute Gasteiger partial charge is 0.381 e. The Bertz CT molecular complexity index is 284. The van der Waals surface area contributed by atoms with Crippen LogP contribution in [0.4, 0.5) is 0 Å². The molecule has 0 bridgehead atoms. The first-order valence-electron chi connectivity index (χ1n) is 7.55. The van der Waals surface area contributed by atoms with Gasteiger partial charge in [0.05, 0.1) is 5.54 Å². The fraction of sp³-hybridized carbons (Fsp3) is 0.933. The SMILES string of the molecule is CCCCCC(C)(C)CNC(=O)C1(N)CCOCC1. The summed E-state index contributed by atoms with van der Waals surface area (Å²) in [6.07, 6.45) is 6.09. The second-order valence-corrected chi connectivity index (χ2v) is 6.57. The third kappa shape index (κ3) is 5.49. The molecule has 0 aromatic heterocycles. The van der Waals surface area contributed by atoms with Crippen molar-refractivity contribution in [3.8, 4) is 0 Å². The highest BCUT2D eigenvalue weighted by molar-refractivity contribution is 5.86. The average Bonchev–Trinajstić information content (AvgIpc) is 2.37. The van der Waals surface area contributed by atoms with Crippen molar-refractivity contribution in [2.75, 3.05) is 19.8 Å². The van der Waals surface area contributed by atoms with E-state index in [0.717, 1.165) is 6.42 Å². The third-order valence-electron chi connectivity index (χ3n) is 4.02. The first-order valence-corrected chi connectivity index (χ1v) is 7.55. The molecule has 1 amide bonds. The Morgan fingerprint density at radius 3 is 2.53 bits per heavy atom. The summed E-state index contributed by atoms with van der Waals surface area (Å²) in [6.45, 7) is 8.49. The van der Waals surface area contributed by atoms with Gasteiger partial charge in [-0.3, -0.25) is 4.79 Å². The number of hydrogen-bond acceptors (Lipinski definition) is 3. The molecule has 19 heavy (non-hydrogen) atoms. The highest BCUT2D eigenvalue weighted by Crippen LogP contribution is 2.24. The number of carbonyl (C=O) groups excluding carboxylic acids is 1. The zero-order valence-corrected chi connectivity index (χ0v) is 12.8. The molecule has 3 N–H and O–H groups in total. The van der Waals surface area contributed by atoms with Gasteiger partial charge in [-0.2, -0.15) is 0 Å². The monoisotopic (exact) mass is 270 g/mol. The lowest BCUT2D eigenvalue weighted by Gasteiger charge is -2.33. The minimum absolute atomic E-state index is 0.0145. The van der Waals surface area contributed by atoms with Gasteiger partial charge in [0.1, 0.15) is 0 Å². The summed E-state index contributed by atoms with van der Waals surface area (Å²) in [4.78, 5) is 12.2. The van der Waals surface area contributed by atoms with Crippen molar-refractivity contribution in [1.29, 1.82) is 0 Å². The molecule has 0 atom stereocenters. The van der Waals surface area contributed by atoms with Crippen molar-refractivity contribution in [2.24, 2.45) is 11.1 Å².